The Kier molecular flexibility index (Phi) is 4.15. The number of nitrogens with one attached hydrogen (secondary N) is 1. The van der Waals surface area contributed by atoms with Gasteiger partial charge in [-0.25, -0.2) is 0 Å². The average molecular weight is 249 g/mol. The smallest absolute Gasteiger partial charge is 0.256 e. The molecule has 1 aromatic rings. The number of nitrogens with zero attached hydrogens (tertiary/aromatic N) is 2. The number of hydrogen-bond acceptors (Lipinski definition) is 4. The minimum absolute atomic E-state index is 0.0232. The molecule has 5 heteroatoms. The summed E-state index contributed by atoms with van der Waals surface area (Å²) in [7, 11) is 0. The van der Waals surface area contributed by atoms with Crippen LogP contribution in [0.2, 0.25) is 0 Å². The predicted molar refractivity (Wildman–Crippen MR) is 69.5 cm³/mol. The van der Waals surface area contributed by atoms with Gasteiger partial charge in [-0.3, -0.25) is 9.78 Å². The summed E-state index contributed by atoms with van der Waals surface area (Å²) in [5, 5.41) is 12.4. The number of carbonyl (C=O) groups excluding carboxylic acids is 1. The van der Waals surface area contributed by atoms with Gasteiger partial charge in [0.2, 0.25) is 0 Å². The number of aliphatic hydroxyl groups is 1. The largest absolute Gasteiger partial charge is 0.394 e. The maximum absolute atomic E-state index is 12.5. The van der Waals surface area contributed by atoms with Crippen molar-refractivity contribution in [3.8, 4) is 0 Å². The molecule has 1 atom stereocenters. The molecule has 5 nitrogen and oxygen atoms in total. The first-order valence-electron chi connectivity index (χ1n) is 6.37. The first-order valence-corrected chi connectivity index (χ1v) is 6.37. The summed E-state index contributed by atoms with van der Waals surface area (Å²) in [4.78, 5) is 18.2. The fourth-order valence-corrected chi connectivity index (χ4v) is 2.36. The van der Waals surface area contributed by atoms with Crippen LogP contribution in [0.15, 0.2) is 18.5 Å². The minimum atomic E-state index is -0.0415. The van der Waals surface area contributed by atoms with Gasteiger partial charge in [0.25, 0.3) is 5.91 Å². The van der Waals surface area contributed by atoms with Crippen LogP contribution in [0.4, 0.5) is 5.69 Å². The normalized spacial score (nSPS) is 19.0. The van der Waals surface area contributed by atoms with Crippen LogP contribution in [0.25, 0.3) is 0 Å². The summed E-state index contributed by atoms with van der Waals surface area (Å²) in [6, 6.07) is 1.69. The predicted octanol–water partition coefficient (Wildman–Crippen LogP) is 1.11. The Bertz CT molecular complexity index is 422. The highest BCUT2D eigenvalue weighted by molar-refractivity contribution is 5.99. The van der Waals surface area contributed by atoms with Crippen molar-refractivity contribution in [1.29, 1.82) is 0 Å². The van der Waals surface area contributed by atoms with E-state index in [0.717, 1.165) is 31.6 Å². The maximum Gasteiger partial charge on any atom is 0.256 e. The van der Waals surface area contributed by atoms with Crippen LogP contribution in [0.3, 0.4) is 0 Å². The van der Waals surface area contributed by atoms with Crippen molar-refractivity contribution in [1.82, 2.24) is 9.88 Å². The summed E-state index contributed by atoms with van der Waals surface area (Å²) >= 11 is 0. The Morgan fingerprint density at radius 2 is 2.50 bits per heavy atom. The second-order valence-corrected chi connectivity index (χ2v) is 4.43. The van der Waals surface area contributed by atoms with Crippen molar-refractivity contribution in [2.24, 2.45) is 0 Å². The number of aliphatic hydroxyl groups excluding tert-OH is 1. The average Bonchev–Trinajstić information content (AvgIpc) is 2.87. The van der Waals surface area contributed by atoms with E-state index in [4.69, 9.17) is 0 Å². The second kappa shape index (κ2) is 5.82. The molecule has 1 aliphatic heterocycles. The van der Waals surface area contributed by atoms with E-state index in [9.17, 15) is 9.90 Å². The molecule has 0 aliphatic carbocycles. The van der Waals surface area contributed by atoms with E-state index in [1.54, 1.807) is 23.4 Å². The van der Waals surface area contributed by atoms with E-state index in [1.165, 1.54) is 0 Å². The fraction of sp³-hybridized carbons (Fsp3) is 0.538. The van der Waals surface area contributed by atoms with Gasteiger partial charge in [0.15, 0.2) is 0 Å². The minimum Gasteiger partial charge on any atom is -0.394 e. The quantitative estimate of drug-likeness (QED) is 0.839. The third kappa shape index (κ3) is 2.46. The van der Waals surface area contributed by atoms with E-state index in [2.05, 4.69) is 10.3 Å². The molecule has 1 aromatic heterocycles. The molecule has 1 aliphatic rings. The van der Waals surface area contributed by atoms with Crippen molar-refractivity contribution in [3.05, 3.63) is 24.0 Å². The molecule has 1 amide bonds. The first-order chi connectivity index (χ1) is 8.77. The summed E-state index contributed by atoms with van der Waals surface area (Å²) in [6.07, 6.45) is 5.13. The van der Waals surface area contributed by atoms with Crippen LogP contribution in [-0.4, -0.2) is 46.6 Å². The molecule has 2 rings (SSSR count). The molecule has 0 aromatic carbocycles. The lowest BCUT2D eigenvalue weighted by Gasteiger charge is -2.24. The van der Waals surface area contributed by atoms with Gasteiger partial charge in [-0.1, -0.05) is 0 Å². The topological polar surface area (TPSA) is 65.5 Å². The van der Waals surface area contributed by atoms with Crippen molar-refractivity contribution in [2.45, 2.75) is 25.8 Å². The zero-order valence-electron chi connectivity index (χ0n) is 10.6. The van der Waals surface area contributed by atoms with Gasteiger partial charge < -0.3 is 15.3 Å². The number of likely N-dealkylation sites (tertiary alicyclic amines) is 1. The Morgan fingerprint density at radius 1 is 1.67 bits per heavy atom. The lowest BCUT2D eigenvalue weighted by molar-refractivity contribution is 0.0678. The highest BCUT2D eigenvalue weighted by Gasteiger charge is 2.29. The lowest BCUT2D eigenvalue weighted by Crippen LogP contribution is -2.38. The summed E-state index contributed by atoms with van der Waals surface area (Å²) in [5.74, 6) is -0.0232. The van der Waals surface area contributed by atoms with Gasteiger partial charge in [-0.2, -0.15) is 0 Å². The zero-order valence-corrected chi connectivity index (χ0v) is 10.6. The number of hydrogen-bond donors (Lipinski definition) is 2. The first kappa shape index (κ1) is 12.8. The van der Waals surface area contributed by atoms with Gasteiger partial charge in [0.1, 0.15) is 0 Å². The van der Waals surface area contributed by atoms with E-state index >= 15 is 0 Å². The van der Waals surface area contributed by atoms with E-state index in [1.807, 2.05) is 6.92 Å². The van der Waals surface area contributed by atoms with Crippen LogP contribution < -0.4 is 5.32 Å². The maximum atomic E-state index is 12.5. The number of anilines is 1. The Labute approximate surface area is 107 Å². The molecule has 1 unspecified atom stereocenters. The zero-order chi connectivity index (χ0) is 13.0. The highest BCUT2D eigenvalue weighted by Crippen LogP contribution is 2.22. The third-order valence-electron chi connectivity index (χ3n) is 3.27. The molecule has 0 bridgehead atoms. The van der Waals surface area contributed by atoms with Gasteiger partial charge in [0.05, 0.1) is 30.1 Å². The van der Waals surface area contributed by atoms with Crippen LogP contribution in [0.5, 0.6) is 0 Å². The fourth-order valence-electron chi connectivity index (χ4n) is 2.36. The van der Waals surface area contributed by atoms with E-state index in [-0.39, 0.29) is 18.6 Å². The molecular formula is C13H19N3O2. The highest BCUT2D eigenvalue weighted by atomic mass is 16.3. The molecule has 0 saturated carbocycles. The number of aromatic nitrogens is 1. The Balaban J connectivity index is 2.22. The van der Waals surface area contributed by atoms with Crippen LogP contribution in [0.1, 0.15) is 30.1 Å². The monoisotopic (exact) mass is 249 g/mol. The molecule has 98 valence electrons. The van der Waals surface area contributed by atoms with Crippen LogP contribution in [-0.2, 0) is 0 Å². The Hall–Kier alpha value is -1.62. The van der Waals surface area contributed by atoms with Gasteiger partial charge in [-0.15, -0.1) is 0 Å². The summed E-state index contributed by atoms with van der Waals surface area (Å²) in [5.41, 5.74) is 1.39. The molecule has 2 N–H and O–H groups in total. The molecule has 1 saturated heterocycles. The van der Waals surface area contributed by atoms with Gasteiger partial charge in [-0.05, 0) is 25.8 Å². The molecule has 2 heterocycles. The molecule has 1 fully saturated rings. The molecule has 0 spiro atoms. The van der Waals surface area contributed by atoms with Gasteiger partial charge >= 0.3 is 0 Å². The number of amides is 1. The van der Waals surface area contributed by atoms with Crippen molar-refractivity contribution in [2.75, 3.05) is 25.0 Å². The lowest BCUT2D eigenvalue weighted by atomic mass is 10.1. The number of pyridine rings is 1. The van der Waals surface area contributed by atoms with Crippen molar-refractivity contribution in [3.63, 3.8) is 0 Å². The van der Waals surface area contributed by atoms with Crippen molar-refractivity contribution >= 4 is 11.6 Å². The number of rotatable bonds is 4. The standard InChI is InChI=1S/C13H19N3O2/c1-2-15-12-8-14-6-5-11(12)13(18)16-7-3-4-10(16)9-17/h5-6,8,10,15,17H,2-4,7,9H2,1H3. The molecular weight excluding hydrogens is 230 g/mol. The summed E-state index contributed by atoms with van der Waals surface area (Å²) in [6.45, 7) is 3.48. The van der Waals surface area contributed by atoms with Crippen LogP contribution >= 0.6 is 0 Å². The van der Waals surface area contributed by atoms with E-state index < -0.39 is 0 Å². The second-order valence-electron chi connectivity index (χ2n) is 4.43. The molecule has 18 heavy (non-hydrogen) atoms. The van der Waals surface area contributed by atoms with Gasteiger partial charge in [0, 0.05) is 19.3 Å². The molecule has 0 radical (unpaired) electrons. The SMILES string of the molecule is CCNc1cnccc1C(=O)N1CCCC1CO. The van der Waals surface area contributed by atoms with E-state index in [0.29, 0.717) is 5.56 Å². The Morgan fingerprint density at radius 3 is 3.22 bits per heavy atom. The summed E-state index contributed by atoms with van der Waals surface area (Å²) < 4.78 is 0. The van der Waals surface area contributed by atoms with Crippen LogP contribution in [0, 0.1) is 0 Å². The third-order valence-corrected chi connectivity index (χ3v) is 3.27. The van der Waals surface area contributed by atoms with Crippen molar-refractivity contribution < 1.29 is 9.90 Å². The number of carbonyl (C=O) groups is 1.